The lowest BCUT2D eigenvalue weighted by Crippen LogP contribution is -1.98. The summed E-state index contributed by atoms with van der Waals surface area (Å²) in [6, 6.07) is 9.89. The Morgan fingerprint density at radius 2 is 1.93 bits per heavy atom. The molecule has 1 atom stereocenters. The lowest BCUT2D eigenvalue weighted by atomic mass is 9.96. The molecule has 14 heavy (non-hydrogen) atoms. The number of carbonyl (C=O) groups excluding carboxylic acids is 1. The van der Waals surface area contributed by atoms with E-state index in [0.717, 1.165) is 18.3 Å². The third-order valence-corrected chi connectivity index (χ3v) is 2.17. The average Bonchev–Trinajstić information content (AvgIpc) is 2.20. The molecule has 1 unspecified atom stereocenters. The fourth-order valence-corrected chi connectivity index (χ4v) is 1.33. The molecule has 0 fully saturated rings. The maximum absolute atomic E-state index is 10.9. The van der Waals surface area contributed by atoms with Gasteiger partial charge in [0.2, 0.25) is 0 Å². The predicted octanol–water partition coefficient (Wildman–Crippen LogP) is 3.33. The lowest BCUT2D eigenvalue weighted by molar-refractivity contribution is -0.109. The normalized spacial score (nSPS) is 11.9. The second-order valence-electron chi connectivity index (χ2n) is 3.67. The summed E-state index contributed by atoms with van der Waals surface area (Å²) >= 11 is 0. The van der Waals surface area contributed by atoms with Crippen LogP contribution in [-0.4, -0.2) is 6.29 Å². The highest BCUT2D eigenvalue weighted by molar-refractivity contribution is 5.62. The molecule has 1 heteroatoms. The molecule has 1 aromatic rings. The molecule has 74 valence electrons. The van der Waals surface area contributed by atoms with Crippen LogP contribution in [0, 0.1) is 0 Å². The highest BCUT2D eigenvalue weighted by Gasteiger charge is 2.07. The number of hydrogen-bond donors (Lipinski definition) is 0. The van der Waals surface area contributed by atoms with Gasteiger partial charge in [0.1, 0.15) is 6.29 Å². The lowest BCUT2D eigenvalue weighted by Gasteiger charge is -2.07. The van der Waals surface area contributed by atoms with Crippen molar-refractivity contribution in [3.63, 3.8) is 0 Å². The Kier molecular flexibility index (Phi) is 4.11. The molecule has 0 radical (unpaired) electrons. The summed E-state index contributed by atoms with van der Waals surface area (Å²) < 4.78 is 0. The van der Waals surface area contributed by atoms with Crippen molar-refractivity contribution >= 4 is 6.29 Å². The van der Waals surface area contributed by atoms with Crippen LogP contribution in [0.5, 0.6) is 0 Å². The van der Waals surface area contributed by atoms with Crippen molar-refractivity contribution in [2.24, 2.45) is 0 Å². The fraction of sp³-hybridized carbons (Fsp3) is 0.308. The van der Waals surface area contributed by atoms with Gasteiger partial charge in [-0.25, -0.2) is 0 Å². The summed E-state index contributed by atoms with van der Waals surface area (Å²) in [6.45, 7) is 4.10. The van der Waals surface area contributed by atoms with E-state index in [1.54, 1.807) is 0 Å². The standard InChI is InChI=1S/C13H16O/c1-11(2)8-9-13(10-14)12-6-4-3-5-7-12/h3-8,10,13H,9H2,1-2H3. The van der Waals surface area contributed by atoms with E-state index in [1.807, 2.05) is 44.2 Å². The maximum atomic E-state index is 10.9. The summed E-state index contributed by atoms with van der Waals surface area (Å²) in [6.07, 6.45) is 3.93. The highest BCUT2D eigenvalue weighted by Crippen LogP contribution is 2.17. The van der Waals surface area contributed by atoms with Gasteiger partial charge in [-0.2, -0.15) is 0 Å². The van der Waals surface area contributed by atoms with E-state index in [0.29, 0.717) is 0 Å². The molecule has 0 aliphatic carbocycles. The Bertz CT molecular complexity index is 307. The minimum atomic E-state index is 0.00565. The van der Waals surface area contributed by atoms with Crippen LogP contribution in [0.25, 0.3) is 0 Å². The summed E-state index contributed by atoms with van der Waals surface area (Å²) in [5.41, 5.74) is 2.35. The van der Waals surface area contributed by atoms with Crippen molar-refractivity contribution in [3.8, 4) is 0 Å². The molecule has 0 heterocycles. The fourth-order valence-electron chi connectivity index (χ4n) is 1.33. The van der Waals surface area contributed by atoms with E-state index in [1.165, 1.54) is 5.57 Å². The Balaban J connectivity index is 2.73. The molecule has 1 nitrogen and oxygen atoms in total. The largest absolute Gasteiger partial charge is 0.303 e. The van der Waals surface area contributed by atoms with Crippen molar-refractivity contribution in [2.45, 2.75) is 26.2 Å². The minimum Gasteiger partial charge on any atom is -0.303 e. The molecule has 0 saturated carbocycles. The van der Waals surface area contributed by atoms with Gasteiger partial charge < -0.3 is 4.79 Å². The predicted molar refractivity (Wildman–Crippen MR) is 59.3 cm³/mol. The van der Waals surface area contributed by atoms with E-state index in [4.69, 9.17) is 0 Å². The first kappa shape index (κ1) is 10.7. The van der Waals surface area contributed by atoms with Crippen LogP contribution in [0.2, 0.25) is 0 Å². The number of allylic oxidation sites excluding steroid dienone is 2. The summed E-state index contributed by atoms with van der Waals surface area (Å²) in [4.78, 5) is 10.9. The second kappa shape index (κ2) is 5.38. The van der Waals surface area contributed by atoms with E-state index in [9.17, 15) is 4.79 Å². The SMILES string of the molecule is CC(C)=CCC(C=O)c1ccccc1. The zero-order chi connectivity index (χ0) is 10.4. The van der Waals surface area contributed by atoms with Gasteiger partial charge >= 0.3 is 0 Å². The average molecular weight is 188 g/mol. The third-order valence-electron chi connectivity index (χ3n) is 2.17. The summed E-state index contributed by atoms with van der Waals surface area (Å²) in [7, 11) is 0. The Morgan fingerprint density at radius 1 is 1.29 bits per heavy atom. The Labute approximate surface area is 85.5 Å². The minimum absolute atomic E-state index is 0.00565. The van der Waals surface area contributed by atoms with E-state index < -0.39 is 0 Å². The van der Waals surface area contributed by atoms with Crippen LogP contribution in [0.3, 0.4) is 0 Å². The molecule has 0 bridgehead atoms. The number of benzene rings is 1. The summed E-state index contributed by atoms with van der Waals surface area (Å²) in [5, 5.41) is 0. The van der Waals surface area contributed by atoms with Crippen LogP contribution in [0.4, 0.5) is 0 Å². The Morgan fingerprint density at radius 3 is 2.43 bits per heavy atom. The molecule has 1 aromatic carbocycles. The molecule has 0 spiro atoms. The monoisotopic (exact) mass is 188 g/mol. The van der Waals surface area contributed by atoms with Gasteiger partial charge in [0.25, 0.3) is 0 Å². The van der Waals surface area contributed by atoms with Crippen molar-refractivity contribution < 1.29 is 4.79 Å². The van der Waals surface area contributed by atoms with E-state index in [-0.39, 0.29) is 5.92 Å². The number of carbonyl (C=O) groups is 1. The Hall–Kier alpha value is -1.37. The molecule has 0 aromatic heterocycles. The quantitative estimate of drug-likeness (QED) is 0.523. The van der Waals surface area contributed by atoms with Crippen molar-refractivity contribution in [1.82, 2.24) is 0 Å². The van der Waals surface area contributed by atoms with Crippen molar-refractivity contribution in [2.75, 3.05) is 0 Å². The third kappa shape index (κ3) is 3.17. The second-order valence-corrected chi connectivity index (χ2v) is 3.67. The highest BCUT2D eigenvalue weighted by atomic mass is 16.1. The zero-order valence-electron chi connectivity index (χ0n) is 8.73. The molecule has 1 rings (SSSR count). The molecular weight excluding hydrogens is 172 g/mol. The molecule has 0 aliphatic rings. The van der Waals surface area contributed by atoms with Gasteiger partial charge in [-0.3, -0.25) is 0 Å². The summed E-state index contributed by atoms with van der Waals surface area (Å²) in [5.74, 6) is 0.00565. The first-order valence-corrected chi connectivity index (χ1v) is 4.87. The first-order chi connectivity index (χ1) is 6.74. The number of hydrogen-bond acceptors (Lipinski definition) is 1. The number of aldehydes is 1. The van der Waals surface area contributed by atoms with Gasteiger partial charge in [0.15, 0.2) is 0 Å². The molecule has 0 aliphatic heterocycles. The van der Waals surface area contributed by atoms with Gasteiger partial charge in [-0.15, -0.1) is 0 Å². The van der Waals surface area contributed by atoms with Crippen LogP contribution >= 0.6 is 0 Å². The van der Waals surface area contributed by atoms with Gasteiger partial charge in [-0.05, 0) is 25.8 Å². The first-order valence-electron chi connectivity index (χ1n) is 4.87. The van der Waals surface area contributed by atoms with Crippen molar-refractivity contribution in [3.05, 3.63) is 47.5 Å². The van der Waals surface area contributed by atoms with Gasteiger partial charge in [0, 0.05) is 5.92 Å². The van der Waals surface area contributed by atoms with Crippen LogP contribution in [-0.2, 0) is 4.79 Å². The van der Waals surface area contributed by atoms with Gasteiger partial charge in [0.05, 0.1) is 0 Å². The molecule has 0 amide bonds. The smallest absolute Gasteiger partial charge is 0.127 e. The zero-order valence-corrected chi connectivity index (χ0v) is 8.73. The van der Waals surface area contributed by atoms with Crippen LogP contribution < -0.4 is 0 Å². The van der Waals surface area contributed by atoms with E-state index >= 15 is 0 Å². The van der Waals surface area contributed by atoms with Crippen LogP contribution in [0.15, 0.2) is 42.0 Å². The molecule has 0 saturated heterocycles. The van der Waals surface area contributed by atoms with Crippen LogP contribution in [0.1, 0.15) is 31.7 Å². The maximum Gasteiger partial charge on any atom is 0.127 e. The van der Waals surface area contributed by atoms with E-state index in [2.05, 4.69) is 6.08 Å². The number of rotatable bonds is 4. The van der Waals surface area contributed by atoms with Gasteiger partial charge in [-0.1, -0.05) is 42.0 Å². The molecule has 0 N–H and O–H groups in total. The topological polar surface area (TPSA) is 17.1 Å². The van der Waals surface area contributed by atoms with Crippen molar-refractivity contribution in [1.29, 1.82) is 0 Å². The molecular formula is C13H16O.